The van der Waals surface area contributed by atoms with Crippen LogP contribution in [-0.2, 0) is 11.3 Å². The summed E-state index contributed by atoms with van der Waals surface area (Å²) in [6.07, 6.45) is 0.614. The number of hydrogen-bond acceptors (Lipinski definition) is 4. The second-order valence-electron chi connectivity index (χ2n) is 5.59. The highest BCUT2D eigenvalue weighted by molar-refractivity contribution is 5.86. The second-order valence-corrected chi connectivity index (χ2v) is 5.59. The van der Waals surface area contributed by atoms with E-state index in [0.29, 0.717) is 24.3 Å². The van der Waals surface area contributed by atoms with E-state index in [-0.39, 0.29) is 5.56 Å². The Labute approximate surface area is 142 Å². The number of anilines is 1. The van der Waals surface area contributed by atoms with Gasteiger partial charge in [-0.05, 0) is 37.3 Å². The van der Waals surface area contributed by atoms with Crippen molar-refractivity contribution in [3.05, 3.63) is 58.9 Å². The molecular formula is C18H15N5O2. The summed E-state index contributed by atoms with van der Waals surface area (Å²) in [7, 11) is 0. The minimum absolute atomic E-state index is 0.182. The molecule has 0 bridgehead atoms. The Hall–Kier alpha value is -3.48. The summed E-state index contributed by atoms with van der Waals surface area (Å²) in [6.45, 7) is 2.39. The third-order valence-electron chi connectivity index (χ3n) is 4.12. The average Bonchev–Trinajstić information content (AvgIpc) is 3.05. The molecule has 0 fully saturated rings. The number of hydrogen-bond donors (Lipinski definition) is 1. The number of aryl methyl sites for hydroxylation is 1. The quantitative estimate of drug-likeness (QED) is 0.581. The number of aromatic nitrogens is 4. The molecule has 0 aliphatic heterocycles. The standard InChI is InChI=1S/C18H15N5O2/c1-2-22-16-10-13(19-11-24)8-7-12(16)9-17(18(22)25)23-20-14-5-3-4-6-15(14)21-23/h3-11H,2H2,1H3,(H,19,24). The highest BCUT2D eigenvalue weighted by Gasteiger charge is 2.13. The van der Waals surface area contributed by atoms with Crippen molar-refractivity contribution >= 4 is 34.0 Å². The molecule has 4 rings (SSSR count). The van der Waals surface area contributed by atoms with Gasteiger partial charge in [0.15, 0.2) is 5.69 Å². The van der Waals surface area contributed by atoms with E-state index in [0.717, 1.165) is 21.9 Å². The highest BCUT2D eigenvalue weighted by atomic mass is 16.1. The zero-order valence-corrected chi connectivity index (χ0v) is 13.5. The number of pyridine rings is 1. The van der Waals surface area contributed by atoms with E-state index < -0.39 is 0 Å². The molecule has 1 N–H and O–H groups in total. The molecule has 7 heteroatoms. The van der Waals surface area contributed by atoms with Gasteiger partial charge in [-0.15, -0.1) is 15.0 Å². The van der Waals surface area contributed by atoms with Crippen molar-refractivity contribution in [3.8, 4) is 5.69 Å². The fraction of sp³-hybridized carbons (Fsp3) is 0.111. The highest BCUT2D eigenvalue weighted by Crippen LogP contribution is 2.20. The summed E-state index contributed by atoms with van der Waals surface area (Å²) in [5.74, 6) is 0. The van der Waals surface area contributed by atoms with Crippen LogP contribution in [0.25, 0.3) is 27.6 Å². The van der Waals surface area contributed by atoms with Crippen molar-refractivity contribution in [2.24, 2.45) is 0 Å². The van der Waals surface area contributed by atoms with E-state index in [1.807, 2.05) is 37.3 Å². The van der Waals surface area contributed by atoms with E-state index in [1.54, 1.807) is 22.8 Å². The first kappa shape index (κ1) is 15.1. The number of benzene rings is 2. The van der Waals surface area contributed by atoms with Gasteiger partial charge in [0.1, 0.15) is 11.0 Å². The van der Waals surface area contributed by atoms with Crippen LogP contribution < -0.4 is 10.9 Å². The van der Waals surface area contributed by atoms with Crippen molar-refractivity contribution in [1.82, 2.24) is 19.6 Å². The van der Waals surface area contributed by atoms with Crippen LogP contribution in [0.15, 0.2) is 53.3 Å². The lowest BCUT2D eigenvalue weighted by atomic mass is 10.1. The fourth-order valence-corrected chi connectivity index (χ4v) is 2.94. The lowest BCUT2D eigenvalue weighted by Crippen LogP contribution is -2.25. The monoisotopic (exact) mass is 333 g/mol. The van der Waals surface area contributed by atoms with Crippen LogP contribution in [0.1, 0.15) is 6.92 Å². The third-order valence-corrected chi connectivity index (χ3v) is 4.12. The SMILES string of the molecule is CCn1c(=O)c(-n2nc3ccccc3n2)cc2ccc(NC=O)cc21. The maximum atomic E-state index is 12.9. The molecule has 25 heavy (non-hydrogen) atoms. The maximum Gasteiger partial charge on any atom is 0.278 e. The Kier molecular flexibility index (Phi) is 3.53. The van der Waals surface area contributed by atoms with Gasteiger partial charge in [0, 0.05) is 17.6 Å². The molecule has 2 heterocycles. The zero-order chi connectivity index (χ0) is 17.4. The lowest BCUT2D eigenvalue weighted by molar-refractivity contribution is -0.105. The summed E-state index contributed by atoms with van der Waals surface area (Å²) < 4.78 is 1.65. The molecule has 0 aliphatic rings. The van der Waals surface area contributed by atoms with Gasteiger partial charge >= 0.3 is 0 Å². The van der Waals surface area contributed by atoms with Gasteiger partial charge in [0.05, 0.1) is 5.52 Å². The fourth-order valence-electron chi connectivity index (χ4n) is 2.94. The van der Waals surface area contributed by atoms with Gasteiger partial charge in [-0.3, -0.25) is 9.59 Å². The largest absolute Gasteiger partial charge is 0.329 e. The number of nitrogens with one attached hydrogen (secondary N) is 1. The normalized spacial score (nSPS) is 11.1. The molecule has 0 atom stereocenters. The molecule has 0 radical (unpaired) electrons. The molecule has 124 valence electrons. The summed E-state index contributed by atoms with van der Waals surface area (Å²) in [6, 6.07) is 14.7. The van der Waals surface area contributed by atoms with Crippen LogP contribution >= 0.6 is 0 Å². The Morgan fingerprint density at radius 3 is 2.44 bits per heavy atom. The molecule has 0 saturated heterocycles. The van der Waals surface area contributed by atoms with E-state index in [9.17, 15) is 9.59 Å². The van der Waals surface area contributed by atoms with Crippen LogP contribution in [0.2, 0.25) is 0 Å². The first-order valence-electron chi connectivity index (χ1n) is 7.91. The minimum Gasteiger partial charge on any atom is -0.329 e. The summed E-state index contributed by atoms with van der Waals surface area (Å²) in [4.78, 5) is 25.0. The lowest BCUT2D eigenvalue weighted by Gasteiger charge is -2.11. The molecule has 4 aromatic rings. The molecule has 1 amide bonds. The van der Waals surface area contributed by atoms with Crippen molar-refractivity contribution in [3.63, 3.8) is 0 Å². The topological polar surface area (TPSA) is 81.8 Å². The Balaban J connectivity index is 1.98. The van der Waals surface area contributed by atoms with E-state index in [4.69, 9.17) is 0 Å². The Morgan fingerprint density at radius 2 is 1.80 bits per heavy atom. The van der Waals surface area contributed by atoms with Crippen LogP contribution in [-0.4, -0.2) is 26.0 Å². The summed E-state index contributed by atoms with van der Waals surface area (Å²) in [5.41, 5.74) is 3.06. The summed E-state index contributed by atoms with van der Waals surface area (Å²) >= 11 is 0. The number of amides is 1. The average molecular weight is 333 g/mol. The van der Waals surface area contributed by atoms with Gasteiger partial charge in [0.2, 0.25) is 6.41 Å². The van der Waals surface area contributed by atoms with Crippen molar-refractivity contribution < 1.29 is 4.79 Å². The molecule has 0 spiro atoms. The number of fused-ring (bicyclic) bond motifs is 2. The molecule has 7 nitrogen and oxygen atoms in total. The van der Waals surface area contributed by atoms with Gasteiger partial charge in [0.25, 0.3) is 5.56 Å². The number of nitrogens with zero attached hydrogens (tertiary/aromatic N) is 4. The maximum absolute atomic E-state index is 12.9. The minimum atomic E-state index is -0.182. The Morgan fingerprint density at radius 1 is 1.08 bits per heavy atom. The van der Waals surface area contributed by atoms with Gasteiger partial charge < -0.3 is 9.88 Å². The third kappa shape index (κ3) is 2.46. The number of carbonyl (C=O) groups excluding carboxylic acids is 1. The van der Waals surface area contributed by atoms with Gasteiger partial charge in [-0.2, -0.15) is 0 Å². The van der Waals surface area contributed by atoms with Crippen LogP contribution in [0.3, 0.4) is 0 Å². The first-order valence-corrected chi connectivity index (χ1v) is 7.91. The smallest absolute Gasteiger partial charge is 0.278 e. The van der Waals surface area contributed by atoms with Crippen LogP contribution in [0.5, 0.6) is 0 Å². The number of rotatable bonds is 4. The summed E-state index contributed by atoms with van der Waals surface area (Å²) in [5, 5.41) is 12.3. The van der Waals surface area contributed by atoms with Crippen molar-refractivity contribution in [1.29, 1.82) is 0 Å². The molecule has 0 unspecified atom stereocenters. The van der Waals surface area contributed by atoms with Gasteiger partial charge in [-0.25, -0.2) is 0 Å². The van der Waals surface area contributed by atoms with Crippen LogP contribution in [0.4, 0.5) is 5.69 Å². The first-order chi connectivity index (χ1) is 12.2. The second kappa shape index (κ2) is 5.86. The molecular weight excluding hydrogens is 318 g/mol. The van der Waals surface area contributed by atoms with Crippen molar-refractivity contribution in [2.45, 2.75) is 13.5 Å². The van der Waals surface area contributed by atoms with E-state index >= 15 is 0 Å². The number of carbonyl (C=O) groups is 1. The predicted molar refractivity (Wildman–Crippen MR) is 96.0 cm³/mol. The molecule has 2 aromatic heterocycles. The predicted octanol–water partition coefficient (Wildman–Crippen LogP) is 2.32. The van der Waals surface area contributed by atoms with E-state index in [2.05, 4.69) is 15.5 Å². The van der Waals surface area contributed by atoms with Gasteiger partial charge in [-0.1, -0.05) is 18.2 Å². The molecule has 2 aromatic carbocycles. The van der Waals surface area contributed by atoms with Crippen LogP contribution in [0, 0.1) is 0 Å². The van der Waals surface area contributed by atoms with Crippen molar-refractivity contribution in [2.75, 3.05) is 5.32 Å². The Bertz CT molecular complexity index is 1130. The molecule has 0 aliphatic carbocycles. The van der Waals surface area contributed by atoms with E-state index in [1.165, 1.54) is 4.80 Å². The molecule has 0 saturated carbocycles. The zero-order valence-electron chi connectivity index (χ0n) is 13.5.